The molecular formula is C16H11F3N3O7S-. The van der Waals surface area contributed by atoms with Crippen molar-refractivity contribution in [3.05, 3.63) is 56.4 Å². The van der Waals surface area contributed by atoms with Crippen LogP contribution < -0.4 is 14.8 Å². The van der Waals surface area contributed by atoms with Crippen LogP contribution in [0.5, 0.6) is 5.88 Å². The van der Waals surface area contributed by atoms with Gasteiger partial charge in [-0.1, -0.05) is 0 Å². The lowest BCUT2D eigenvalue weighted by atomic mass is 10.0. The van der Waals surface area contributed by atoms with Crippen molar-refractivity contribution in [3.8, 4) is 17.0 Å². The van der Waals surface area contributed by atoms with E-state index in [0.717, 1.165) is 30.3 Å². The van der Waals surface area contributed by atoms with Gasteiger partial charge in [0.15, 0.2) is 0 Å². The summed E-state index contributed by atoms with van der Waals surface area (Å²) in [6.07, 6.45) is 0. The molecule has 160 valence electrons. The Labute approximate surface area is 166 Å². The summed E-state index contributed by atoms with van der Waals surface area (Å²) in [5, 5.41) is 28.8. The molecule has 0 atom stereocenters. The molecule has 1 N–H and O–H groups in total. The highest BCUT2D eigenvalue weighted by Crippen LogP contribution is 2.26. The number of aliphatic hydroxyl groups excluding tert-OH is 1. The van der Waals surface area contributed by atoms with E-state index in [4.69, 9.17) is 4.74 Å². The largest absolute Gasteiger partial charge is 0.763 e. The molecular weight excluding hydrogens is 435 g/mol. The molecule has 0 unspecified atom stereocenters. The van der Waals surface area contributed by atoms with Gasteiger partial charge in [0, 0.05) is 17.7 Å². The lowest BCUT2D eigenvalue weighted by Crippen LogP contribution is -2.32. The van der Waals surface area contributed by atoms with Crippen LogP contribution in [0.25, 0.3) is 22.5 Å². The third-order valence-corrected chi connectivity index (χ3v) is 4.40. The Kier molecular flexibility index (Phi) is 6.33. The number of hydrogen-bond acceptors (Lipinski definition) is 8. The SMILES string of the molecule is CCOC(O)=c1cc(-c2ccc([N+](=O)[O-])cc2)c(=C=[N-])c(OS(=O)(=O)C(F)(F)F)n1. The van der Waals surface area contributed by atoms with Crippen molar-refractivity contribution in [2.24, 2.45) is 0 Å². The highest BCUT2D eigenvalue weighted by Gasteiger charge is 2.49. The second kappa shape index (κ2) is 8.39. The van der Waals surface area contributed by atoms with Gasteiger partial charge in [0.1, 0.15) is 5.35 Å². The van der Waals surface area contributed by atoms with E-state index < -0.39 is 42.9 Å². The van der Waals surface area contributed by atoms with Crippen molar-refractivity contribution in [1.29, 1.82) is 0 Å². The van der Waals surface area contributed by atoms with Gasteiger partial charge in [-0.15, -0.1) is 0 Å². The van der Waals surface area contributed by atoms with Crippen LogP contribution in [-0.2, 0) is 14.9 Å². The van der Waals surface area contributed by atoms with E-state index in [1.165, 1.54) is 12.8 Å². The quantitative estimate of drug-likeness (QED) is 0.230. The van der Waals surface area contributed by atoms with Crippen molar-refractivity contribution in [1.82, 2.24) is 4.98 Å². The van der Waals surface area contributed by atoms with Gasteiger partial charge >= 0.3 is 21.6 Å². The van der Waals surface area contributed by atoms with Gasteiger partial charge in [-0.25, -0.2) is 4.98 Å². The summed E-state index contributed by atoms with van der Waals surface area (Å²) in [6, 6.07) is 5.46. The first-order valence-corrected chi connectivity index (χ1v) is 9.22. The number of nitrogens with zero attached hydrogens (tertiary/aromatic N) is 3. The van der Waals surface area contributed by atoms with Crippen molar-refractivity contribution in [3.63, 3.8) is 0 Å². The van der Waals surface area contributed by atoms with Crippen LogP contribution >= 0.6 is 0 Å². The molecule has 1 heterocycles. The van der Waals surface area contributed by atoms with E-state index in [-0.39, 0.29) is 23.4 Å². The van der Waals surface area contributed by atoms with Gasteiger partial charge in [0.2, 0.25) is 5.88 Å². The highest BCUT2D eigenvalue weighted by atomic mass is 32.2. The fourth-order valence-electron chi connectivity index (χ4n) is 2.15. The molecule has 2 aromatic rings. The van der Waals surface area contributed by atoms with Crippen LogP contribution in [0.2, 0.25) is 0 Å². The van der Waals surface area contributed by atoms with Gasteiger partial charge in [0.25, 0.3) is 5.69 Å². The summed E-state index contributed by atoms with van der Waals surface area (Å²) >= 11 is 0. The predicted molar refractivity (Wildman–Crippen MR) is 96.3 cm³/mol. The molecule has 30 heavy (non-hydrogen) atoms. The zero-order valence-electron chi connectivity index (χ0n) is 14.9. The lowest BCUT2D eigenvalue weighted by molar-refractivity contribution is -0.384. The first kappa shape index (κ1) is 22.6. The summed E-state index contributed by atoms with van der Waals surface area (Å²) in [7, 11) is -6.19. The number of aromatic nitrogens is 1. The number of non-ortho nitro benzene ring substituents is 1. The number of nitro benzene ring substituents is 1. The van der Waals surface area contributed by atoms with E-state index in [1.807, 2.05) is 0 Å². The zero-order valence-corrected chi connectivity index (χ0v) is 15.7. The third-order valence-electron chi connectivity index (χ3n) is 3.46. The average Bonchev–Trinajstić information content (AvgIpc) is 2.66. The summed E-state index contributed by atoms with van der Waals surface area (Å²) in [5.41, 5.74) is -6.27. The normalized spacial score (nSPS) is 12.7. The molecule has 0 aliphatic heterocycles. The van der Waals surface area contributed by atoms with Crippen LogP contribution in [0.3, 0.4) is 0 Å². The number of nitro groups is 1. The van der Waals surface area contributed by atoms with E-state index in [9.17, 15) is 42.2 Å². The fraction of sp³-hybridized carbons (Fsp3) is 0.188. The van der Waals surface area contributed by atoms with Crippen LogP contribution in [0.4, 0.5) is 18.9 Å². The maximum absolute atomic E-state index is 12.7. The molecule has 0 aliphatic carbocycles. The molecule has 1 aromatic carbocycles. The number of ether oxygens (including phenoxy) is 1. The van der Waals surface area contributed by atoms with Gasteiger partial charge in [0.05, 0.1) is 16.7 Å². The number of aliphatic hydroxyl groups is 1. The highest BCUT2D eigenvalue weighted by molar-refractivity contribution is 7.87. The van der Waals surface area contributed by atoms with Crippen molar-refractivity contribution in [2.45, 2.75) is 12.4 Å². The Balaban J connectivity index is 2.85. The first-order valence-electron chi connectivity index (χ1n) is 7.81. The lowest BCUT2D eigenvalue weighted by Gasteiger charge is -2.12. The molecule has 1 aromatic heterocycles. The number of halogens is 3. The summed E-state index contributed by atoms with van der Waals surface area (Å²) in [6.45, 7) is 1.40. The van der Waals surface area contributed by atoms with E-state index in [0.29, 0.717) is 0 Å². The van der Waals surface area contributed by atoms with Crippen molar-refractivity contribution < 1.29 is 40.5 Å². The number of hydrogen-bond donors (Lipinski definition) is 1. The Morgan fingerprint density at radius 2 is 1.93 bits per heavy atom. The minimum absolute atomic E-state index is 0.0688. The molecule has 0 radical (unpaired) electrons. The number of benzene rings is 1. The van der Waals surface area contributed by atoms with E-state index >= 15 is 0 Å². The van der Waals surface area contributed by atoms with E-state index in [2.05, 4.69) is 9.17 Å². The molecule has 10 nitrogen and oxygen atoms in total. The fourth-order valence-corrected chi connectivity index (χ4v) is 2.57. The Morgan fingerprint density at radius 1 is 1.33 bits per heavy atom. The average molecular weight is 446 g/mol. The monoisotopic (exact) mass is 446 g/mol. The minimum atomic E-state index is -6.19. The molecule has 0 fully saturated rings. The van der Waals surface area contributed by atoms with Crippen molar-refractivity contribution >= 4 is 27.6 Å². The molecule has 0 saturated carbocycles. The number of alkyl halides is 3. The Morgan fingerprint density at radius 3 is 2.40 bits per heavy atom. The van der Waals surface area contributed by atoms with Crippen LogP contribution in [0.1, 0.15) is 6.92 Å². The smallest absolute Gasteiger partial charge is 0.534 e. The Bertz CT molecular complexity index is 1220. The van der Waals surface area contributed by atoms with Gasteiger partial charge in [-0.05, 0) is 30.7 Å². The topological polar surface area (TPSA) is 151 Å². The molecule has 2 rings (SSSR count). The Hall–Kier alpha value is -3.64. The van der Waals surface area contributed by atoms with Crippen LogP contribution in [0.15, 0.2) is 30.3 Å². The standard InChI is InChI=1S/C16H11F3N3O7S/c1-2-28-15(23)13-7-11(9-3-5-10(6-4-9)22(24)25)12(8-20)14(21-13)29-30(26,27)16(17,18)19/h3-7,23H,2H2,1H3/q-1. The second-order valence-electron chi connectivity index (χ2n) is 5.37. The summed E-state index contributed by atoms with van der Waals surface area (Å²) in [4.78, 5) is 13.5. The predicted octanol–water partition coefficient (Wildman–Crippen LogP) is 1.46. The third kappa shape index (κ3) is 4.67. The summed E-state index contributed by atoms with van der Waals surface area (Å²) < 4.78 is 69.7. The number of pyridine rings is 1. The first-order chi connectivity index (χ1) is 13.9. The zero-order chi connectivity index (χ0) is 22.7. The molecule has 0 saturated heterocycles. The molecule has 0 amide bonds. The van der Waals surface area contributed by atoms with Gasteiger partial charge < -0.3 is 19.4 Å². The van der Waals surface area contributed by atoms with Crippen LogP contribution in [-0.4, -0.2) is 41.4 Å². The molecule has 14 heteroatoms. The van der Waals surface area contributed by atoms with Gasteiger partial charge in [-0.2, -0.15) is 21.6 Å². The van der Waals surface area contributed by atoms with Crippen molar-refractivity contribution in [2.75, 3.05) is 6.61 Å². The molecule has 0 aliphatic rings. The van der Waals surface area contributed by atoms with Gasteiger partial charge in [-0.3, -0.25) is 16.0 Å². The maximum Gasteiger partial charge on any atom is 0.534 e. The molecule has 0 bridgehead atoms. The van der Waals surface area contributed by atoms with Crippen LogP contribution in [0, 0.1) is 10.1 Å². The molecule has 0 spiro atoms. The van der Waals surface area contributed by atoms with E-state index in [1.54, 1.807) is 0 Å². The minimum Gasteiger partial charge on any atom is -0.763 e. The maximum atomic E-state index is 12.7. The summed E-state index contributed by atoms with van der Waals surface area (Å²) in [5.74, 6) is -0.646. The second-order valence-corrected chi connectivity index (χ2v) is 6.91. The number of rotatable bonds is 6.